The lowest BCUT2D eigenvalue weighted by molar-refractivity contribution is 0.103. The minimum Gasteiger partial charge on any atom is -0.445 e. The molecule has 1 fully saturated rings. The van der Waals surface area contributed by atoms with Crippen molar-refractivity contribution in [2.24, 2.45) is 11.7 Å². The Morgan fingerprint density at radius 1 is 1.47 bits per heavy atom. The minimum absolute atomic E-state index is 0. The first-order valence-corrected chi connectivity index (χ1v) is 6.38. The third-order valence-electron chi connectivity index (χ3n) is 3.43. The van der Waals surface area contributed by atoms with E-state index in [1.165, 1.54) is 0 Å². The molecule has 0 spiro atoms. The molecule has 0 aliphatic carbocycles. The Balaban J connectivity index is 0.00000180. The quantitative estimate of drug-likeness (QED) is 0.927. The summed E-state index contributed by atoms with van der Waals surface area (Å²) in [6.07, 6.45) is 0.736. The van der Waals surface area contributed by atoms with E-state index in [1.807, 2.05) is 37.3 Å². The predicted molar refractivity (Wildman–Crippen MR) is 77.2 cm³/mol. The van der Waals surface area contributed by atoms with Crippen LogP contribution in [-0.4, -0.2) is 30.1 Å². The number of hydrogen-bond donors (Lipinski definition) is 1. The molecular formula is C14H21ClN2O2. The molecule has 0 radical (unpaired) electrons. The van der Waals surface area contributed by atoms with Crippen LogP contribution in [0.2, 0.25) is 0 Å². The van der Waals surface area contributed by atoms with Gasteiger partial charge in [0.1, 0.15) is 6.61 Å². The van der Waals surface area contributed by atoms with Crippen molar-refractivity contribution in [3.8, 4) is 0 Å². The molecule has 106 valence electrons. The number of carbonyl (C=O) groups excluding carboxylic acids is 1. The van der Waals surface area contributed by atoms with Gasteiger partial charge in [0.05, 0.1) is 0 Å². The molecule has 19 heavy (non-hydrogen) atoms. The summed E-state index contributed by atoms with van der Waals surface area (Å²) in [6.45, 7) is 3.79. The molecule has 2 N–H and O–H groups in total. The molecule has 1 saturated heterocycles. The monoisotopic (exact) mass is 284 g/mol. The molecular weight excluding hydrogens is 264 g/mol. The first-order chi connectivity index (χ1) is 8.66. The maximum Gasteiger partial charge on any atom is 0.410 e. The highest BCUT2D eigenvalue weighted by atomic mass is 35.5. The van der Waals surface area contributed by atoms with Gasteiger partial charge in [-0.25, -0.2) is 4.79 Å². The largest absolute Gasteiger partial charge is 0.445 e. The number of nitrogens with zero attached hydrogens (tertiary/aromatic N) is 1. The number of benzene rings is 1. The van der Waals surface area contributed by atoms with Crippen molar-refractivity contribution in [1.29, 1.82) is 0 Å². The second-order valence-corrected chi connectivity index (χ2v) is 4.89. The van der Waals surface area contributed by atoms with Gasteiger partial charge in [0.25, 0.3) is 0 Å². The van der Waals surface area contributed by atoms with E-state index in [0.29, 0.717) is 19.1 Å². The van der Waals surface area contributed by atoms with E-state index >= 15 is 0 Å². The number of likely N-dealkylation sites (tertiary alicyclic amines) is 1. The maximum absolute atomic E-state index is 11.8. The number of ether oxygens (including phenoxy) is 1. The van der Waals surface area contributed by atoms with Crippen LogP contribution in [0.3, 0.4) is 0 Å². The smallest absolute Gasteiger partial charge is 0.410 e. The minimum atomic E-state index is -0.234. The number of carbonyl (C=O) groups is 1. The highest BCUT2D eigenvalue weighted by molar-refractivity contribution is 5.85. The van der Waals surface area contributed by atoms with E-state index < -0.39 is 0 Å². The lowest BCUT2D eigenvalue weighted by atomic mass is 10.0. The van der Waals surface area contributed by atoms with Crippen molar-refractivity contribution in [2.75, 3.05) is 13.1 Å². The zero-order valence-electron chi connectivity index (χ0n) is 11.1. The summed E-state index contributed by atoms with van der Waals surface area (Å²) < 4.78 is 5.29. The standard InChI is InChI=1S/C14H20N2O2.ClH/c1-11(15)13-7-8-16(9-13)14(17)18-10-12-5-3-2-4-6-12;/h2-6,11,13H,7-10,15H2,1H3;1H/t11-,13+;/m0./s1. The molecule has 5 heteroatoms. The van der Waals surface area contributed by atoms with Gasteiger partial charge in [0.15, 0.2) is 0 Å². The van der Waals surface area contributed by atoms with Crippen molar-refractivity contribution in [1.82, 2.24) is 4.90 Å². The van der Waals surface area contributed by atoms with Crippen LogP contribution in [0.5, 0.6) is 0 Å². The van der Waals surface area contributed by atoms with E-state index in [9.17, 15) is 4.79 Å². The van der Waals surface area contributed by atoms with Crippen LogP contribution >= 0.6 is 12.4 Å². The summed E-state index contributed by atoms with van der Waals surface area (Å²) in [5, 5.41) is 0. The molecule has 0 unspecified atom stereocenters. The number of halogens is 1. The van der Waals surface area contributed by atoms with Gasteiger partial charge in [-0.1, -0.05) is 30.3 Å². The molecule has 0 saturated carbocycles. The van der Waals surface area contributed by atoms with E-state index in [0.717, 1.165) is 18.5 Å². The summed E-state index contributed by atoms with van der Waals surface area (Å²) in [4.78, 5) is 13.6. The first kappa shape index (κ1) is 15.8. The summed E-state index contributed by atoms with van der Waals surface area (Å²) in [7, 11) is 0. The second-order valence-electron chi connectivity index (χ2n) is 4.89. The van der Waals surface area contributed by atoms with Crippen molar-refractivity contribution in [2.45, 2.75) is 26.0 Å². The van der Waals surface area contributed by atoms with Gasteiger partial charge in [0, 0.05) is 19.1 Å². The normalized spacial score (nSPS) is 19.7. The van der Waals surface area contributed by atoms with E-state index in [1.54, 1.807) is 4.90 Å². The molecule has 1 aliphatic rings. The summed E-state index contributed by atoms with van der Waals surface area (Å²) in [6, 6.07) is 9.84. The fourth-order valence-corrected chi connectivity index (χ4v) is 2.19. The van der Waals surface area contributed by atoms with Gasteiger partial charge in [-0.2, -0.15) is 0 Å². The van der Waals surface area contributed by atoms with Crippen LogP contribution in [0.25, 0.3) is 0 Å². The lowest BCUT2D eigenvalue weighted by Gasteiger charge is -2.17. The van der Waals surface area contributed by atoms with Crippen molar-refractivity contribution >= 4 is 18.5 Å². The Morgan fingerprint density at radius 2 is 2.16 bits per heavy atom. The molecule has 0 aromatic heterocycles. The maximum atomic E-state index is 11.8. The fraction of sp³-hybridized carbons (Fsp3) is 0.500. The van der Waals surface area contributed by atoms with Crippen molar-refractivity contribution in [3.63, 3.8) is 0 Å². The third-order valence-corrected chi connectivity index (χ3v) is 3.43. The van der Waals surface area contributed by atoms with Gasteiger partial charge in [0.2, 0.25) is 0 Å². The zero-order valence-corrected chi connectivity index (χ0v) is 11.9. The number of nitrogens with two attached hydrogens (primary N) is 1. The lowest BCUT2D eigenvalue weighted by Crippen LogP contribution is -2.33. The zero-order chi connectivity index (χ0) is 13.0. The molecule has 4 nitrogen and oxygen atoms in total. The number of hydrogen-bond acceptors (Lipinski definition) is 3. The van der Waals surface area contributed by atoms with Gasteiger partial charge in [-0.15, -0.1) is 12.4 Å². The molecule has 2 atom stereocenters. The Labute approximate surface area is 120 Å². The van der Waals surface area contributed by atoms with Crippen molar-refractivity contribution < 1.29 is 9.53 Å². The summed E-state index contributed by atoms with van der Waals surface area (Å²) in [5.74, 6) is 0.397. The van der Waals surface area contributed by atoms with Gasteiger partial charge in [-0.05, 0) is 24.8 Å². The molecule has 1 aromatic rings. The van der Waals surface area contributed by atoms with E-state index in [4.69, 9.17) is 10.5 Å². The topological polar surface area (TPSA) is 55.6 Å². The van der Waals surface area contributed by atoms with Crippen LogP contribution in [0.1, 0.15) is 18.9 Å². The average molecular weight is 285 g/mol. The Morgan fingerprint density at radius 3 is 2.74 bits per heavy atom. The third kappa shape index (κ3) is 4.40. The van der Waals surface area contributed by atoms with Gasteiger partial charge < -0.3 is 15.4 Å². The van der Waals surface area contributed by atoms with Gasteiger partial charge in [-0.3, -0.25) is 0 Å². The molecule has 1 aliphatic heterocycles. The van der Waals surface area contributed by atoms with E-state index in [-0.39, 0.29) is 24.5 Å². The Kier molecular flexibility index (Phi) is 6.12. The van der Waals surface area contributed by atoms with Crippen LogP contribution < -0.4 is 5.73 Å². The molecule has 0 bridgehead atoms. The fourth-order valence-electron chi connectivity index (χ4n) is 2.19. The predicted octanol–water partition coefficient (Wildman–Crippen LogP) is 2.41. The second kappa shape index (κ2) is 7.36. The highest BCUT2D eigenvalue weighted by Crippen LogP contribution is 2.19. The van der Waals surface area contributed by atoms with E-state index in [2.05, 4.69) is 0 Å². The molecule has 2 rings (SSSR count). The molecule has 1 aromatic carbocycles. The van der Waals surface area contributed by atoms with Crippen LogP contribution in [-0.2, 0) is 11.3 Å². The number of rotatable bonds is 3. The summed E-state index contributed by atoms with van der Waals surface area (Å²) >= 11 is 0. The number of amides is 1. The molecule has 1 heterocycles. The van der Waals surface area contributed by atoms with Crippen LogP contribution in [0.4, 0.5) is 4.79 Å². The highest BCUT2D eigenvalue weighted by Gasteiger charge is 2.29. The summed E-state index contributed by atoms with van der Waals surface area (Å²) in [5.41, 5.74) is 6.85. The SMILES string of the molecule is C[C@H](N)[C@@H]1CCN(C(=O)OCc2ccccc2)C1.Cl. The first-order valence-electron chi connectivity index (χ1n) is 6.38. The van der Waals surface area contributed by atoms with Crippen molar-refractivity contribution in [3.05, 3.63) is 35.9 Å². The Hall–Kier alpha value is -1.26. The van der Waals surface area contributed by atoms with Gasteiger partial charge >= 0.3 is 6.09 Å². The van der Waals surface area contributed by atoms with Crippen LogP contribution in [0, 0.1) is 5.92 Å². The Bertz CT molecular complexity index is 398. The van der Waals surface area contributed by atoms with Crippen LogP contribution in [0.15, 0.2) is 30.3 Å². The molecule has 1 amide bonds. The average Bonchev–Trinajstić information content (AvgIpc) is 2.87.